The second-order valence-corrected chi connectivity index (χ2v) is 8.07. The summed E-state index contributed by atoms with van der Waals surface area (Å²) in [6, 6.07) is 8.59. The third-order valence-corrected chi connectivity index (χ3v) is 5.28. The maximum Gasteiger partial charge on any atom is 0.244 e. The minimum atomic E-state index is -3.93. The first-order valence-corrected chi connectivity index (χ1v) is 10.6. The van der Waals surface area contributed by atoms with Crippen molar-refractivity contribution in [2.45, 2.75) is 11.3 Å². The number of rotatable bonds is 10. The number of carbonyl (C=O) groups is 1. The molecule has 0 unspecified atom stereocenters. The first-order chi connectivity index (χ1) is 12.9. The van der Waals surface area contributed by atoms with E-state index in [0.29, 0.717) is 19.6 Å². The lowest BCUT2D eigenvalue weighted by molar-refractivity contribution is -0.116. The van der Waals surface area contributed by atoms with Gasteiger partial charge in [0.15, 0.2) is 0 Å². The number of hydrogen-bond donors (Lipinski definition) is 2. The number of methoxy groups -OCH3 is 1. The van der Waals surface area contributed by atoms with Crippen molar-refractivity contribution < 1.29 is 22.7 Å². The van der Waals surface area contributed by atoms with Crippen LogP contribution in [0.4, 0.5) is 0 Å². The van der Waals surface area contributed by atoms with Crippen LogP contribution in [0.1, 0.15) is 10.4 Å². The zero-order chi connectivity index (χ0) is 19.7. The number of ether oxygens (including phenoxy) is 2. The van der Waals surface area contributed by atoms with E-state index in [4.69, 9.17) is 14.6 Å². The molecule has 27 heavy (non-hydrogen) atoms. The molecule has 0 spiro atoms. The van der Waals surface area contributed by atoms with Gasteiger partial charge in [0.1, 0.15) is 17.3 Å². The molecular formula is C18H22N2O5S2. The fourth-order valence-electron chi connectivity index (χ4n) is 2.22. The monoisotopic (exact) mass is 410 g/mol. The van der Waals surface area contributed by atoms with Gasteiger partial charge >= 0.3 is 0 Å². The van der Waals surface area contributed by atoms with E-state index in [-0.39, 0.29) is 23.2 Å². The van der Waals surface area contributed by atoms with Crippen molar-refractivity contribution in [3.8, 4) is 5.75 Å². The largest absolute Gasteiger partial charge is 0.490 e. The molecule has 0 aliphatic heterocycles. The van der Waals surface area contributed by atoms with Crippen molar-refractivity contribution in [1.82, 2.24) is 5.32 Å². The second kappa shape index (κ2) is 10.2. The van der Waals surface area contributed by atoms with E-state index in [1.54, 1.807) is 29.5 Å². The Morgan fingerprint density at radius 2 is 2.11 bits per heavy atom. The SMILES string of the molecule is COCCOc1ccc(CCNC(=O)C=Cc2cccs2)cc1S(N)(=O)=O. The van der Waals surface area contributed by atoms with Gasteiger partial charge in [-0.1, -0.05) is 12.1 Å². The molecular weight excluding hydrogens is 388 g/mol. The first kappa shape index (κ1) is 21.1. The summed E-state index contributed by atoms with van der Waals surface area (Å²) in [5.41, 5.74) is 0.723. The maximum atomic E-state index is 11.8. The van der Waals surface area contributed by atoms with E-state index in [9.17, 15) is 13.2 Å². The minimum absolute atomic E-state index is 0.0833. The number of amides is 1. The van der Waals surface area contributed by atoms with Crippen LogP contribution >= 0.6 is 11.3 Å². The molecule has 0 saturated carbocycles. The summed E-state index contributed by atoms with van der Waals surface area (Å²) in [5.74, 6) is -0.0317. The highest BCUT2D eigenvalue weighted by atomic mass is 32.2. The topological polar surface area (TPSA) is 108 Å². The zero-order valence-corrected chi connectivity index (χ0v) is 16.5. The van der Waals surface area contributed by atoms with Crippen LogP contribution in [0.25, 0.3) is 6.08 Å². The Morgan fingerprint density at radius 1 is 1.30 bits per heavy atom. The van der Waals surface area contributed by atoms with Crippen molar-refractivity contribution >= 4 is 33.3 Å². The molecule has 1 amide bonds. The smallest absolute Gasteiger partial charge is 0.244 e. The lowest BCUT2D eigenvalue weighted by Crippen LogP contribution is -2.23. The fraction of sp³-hybridized carbons (Fsp3) is 0.278. The van der Waals surface area contributed by atoms with Gasteiger partial charge in [-0.25, -0.2) is 13.6 Å². The molecule has 0 bridgehead atoms. The van der Waals surface area contributed by atoms with Crippen LogP contribution < -0.4 is 15.2 Å². The Morgan fingerprint density at radius 3 is 2.78 bits per heavy atom. The predicted molar refractivity (Wildman–Crippen MR) is 105 cm³/mol. The van der Waals surface area contributed by atoms with Gasteiger partial charge in [0, 0.05) is 24.6 Å². The van der Waals surface area contributed by atoms with Crippen LogP contribution in [-0.2, 0) is 26.0 Å². The quantitative estimate of drug-likeness (QED) is 0.459. The second-order valence-electron chi connectivity index (χ2n) is 5.56. The van der Waals surface area contributed by atoms with Crippen molar-refractivity contribution in [2.24, 2.45) is 5.14 Å². The molecule has 1 aromatic carbocycles. The number of sulfonamides is 1. The molecule has 0 radical (unpaired) electrons. The molecule has 2 aromatic rings. The van der Waals surface area contributed by atoms with Crippen LogP contribution in [0.3, 0.4) is 0 Å². The van der Waals surface area contributed by atoms with E-state index in [0.717, 1.165) is 10.4 Å². The molecule has 0 aliphatic carbocycles. The average molecular weight is 411 g/mol. The van der Waals surface area contributed by atoms with E-state index in [2.05, 4.69) is 5.32 Å². The number of carbonyl (C=O) groups excluding carboxylic acids is 1. The predicted octanol–water partition coefficient (Wildman–Crippen LogP) is 1.79. The molecule has 1 heterocycles. The molecule has 0 aliphatic rings. The van der Waals surface area contributed by atoms with E-state index >= 15 is 0 Å². The number of benzene rings is 1. The number of hydrogen-bond acceptors (Lipinski definition) is 6. The van der Waals surface area contributed by atoms with Gasteiger partial charge in [0.2, 0.25) is 15.9 Å². The average Bonchev–Trinajstić information content (AvgIpc) is 3.14. The summed E-state index contributed by atoms with van der Waals surface area (Å²) < 4.78 is 33.9. The highest BCUT2D eigenvalue weighted by Gasteiger charge is 2.16. The summed E-state index contributed by atoms with van der Waals surface area (Å²) in [7, 11) is -2.41. The Hall–Kier alpha value is -2.20. The van der Waals surface area contributed by atoms with E-state index < -0.39 is 10.0 Å². The molecule has 0 saturated heterocycles. The molecule has 7 nitrogen and oxygen atoms in total. The Labute approximate surface area is 162 Å². The Kier molecular flexibility index (Phi) is 7.99. The lowest BCUT2D eigenvalue weighted by atomic mass is 10.1. The van der Waals surface area contributed by atoms with Gasteiger partial charge in [-0.15, -0.1) is 11.3 Å². The van der Waals surface area contributed by atoms with Gasteiger partial charge in [-0.3, -0.25) is 4.79 Å². The summed E-state index contributed by atoms with van der Waals surface area (Å²) in [5, 5.41) is 9.97. The van der Waals surface area contributed by atoms with Crippen LogP contribution in [0.5, 0.6) is 5.75 Å². The molecule has 0 atom stereocenters. The van der Waals surface area contributed by atoms with Crippen LogP contribution in [0.15, 0.2) is 46.7 Å². The van der Waals surface area contributed by atoms with Crippen LogP contribution in [-0.4, -0.2) is 41.2 Å². The van der Waals surface area contributed by atoms with Gasteiger partial charge in [0.05, 0.1) is 6.61 Å². The van der Waals surface area contributed by atoms with Gasteiger partial charge in [-0.05, 0) is 41.6 Å². The maximum absolute atomic E-state index is 11.8. The first-order valence-electron chi connectivity index (χ1n) is 8.17. The Bertz CT molecular complexity index is 877. The normalized spacial score (nSPS) is 11.6. The van der Waals surface area contributed by atoms with E-state index in [1.165, 1.54) is 19.3 Å². The number of thiophene rings is 1. The fourth-order valence-corrected chi connectivity index (χ4v) is 3.56. The van der Waals surface area contributed by atoms with Crippen LogP contribution in [0.2, 0.25) is 0 Å². The summed E-state index contributed by atoms with van der Waals surface area (Å²) >= 11 is 1.54. The molecule has 1 aromatic heterocycles. The summed E-state index contributed by atoms with van der Waals surface area (Å²) in [6.45, 7) is 0.906. The third-order valence-electron chi connectivity index (χ3n) is 3.51. The minimum Gasteiger partial charge on any atom is -0.490 e. The molecule has 2 rings (SSSR count). The summed E-state index contributed by atoms with van der Waals surface area (Å²) in [4.78, 5) is 12.7. The van der Waals surface area contributed by atoms with Crippen molar-refractivity contribution in [3.05, 3.63) is 52.2 Å². The molecule has 146 valence electrons. The van der Waals surface area contributed by atoms with Gasteiger partial charge in [0.25, 0.3) is 0 Å². The third kappa shape index (κ3) is 7.14. The van der Waals surface area contributed by atoms with Crippen LogP contribution in [0, 0.1) is 0 Å². The molecule has 3 N–H and O–H groups in total. The number of nitrogens with one attached hydrogen (secondary N) is 1. The van der Waals surface area contributed by atoms with Gasteiger partial charge < -0.3 is 14.8 Å². The Balaban J connectivity index is 1.94. The van der Waals surface area contributed by atoms with Crippen molar-refractivity contribution in [2.75, 3.05) is 26.9 Å². The van der Waals surface area contributed by atoms with Crippen molar-refractivity contribution in [3.63, 3.8) is 0 Å². The highest BCUT2D eigenvalue weighted by molar-refractivity contribution is 7.89. The lowest BCUT2D eigenvalue weighted by Gasteiger charge is -2.12. The van der Waals surface area contributed by atoms with Gasteiger partial charge in [-0.2, -0.15) is 0 Å². The molecule has 0 fully saturated rings. The number of nitrogens with two attached hydrogens (primary N) is 1. The number of primary sulfonamides is 1. The highest BCUT2D eigenvalue weighted by Crippen LogP contribution is 2.24. The molecule has 9 heteroatoms. The summed E-state index contributed by atoms with van der Waals surface area (Å²) in [6.07, 6.45) is 3.67. The van der Waals surface area contributed by atoms with Crippen molar-refractivity contribution in [1.29, 1.82) is 0 Å². The zero-order valence-electron chi connectivity index (χ0n) is 14.9. The standard InChI is InChI=1S/C18H22N2O5S2/c1-24-10-11-25-16-6-4-14(13-17(16)27(19,22)23)8-9-20-18(21)7-5-15-3-2-12-26-15/h2-7,12-13H,8-11H2,1H3,(H,20,21)(H2,19,22,23). The van der Waals surface area contributed by atoms with E-state index in [1.807, 2.05) is 17.5 Å².